The molecule has 98 valence electrons. The van der Waals surface area contributed by atoms with Crippen molar-refractivity contribution in [3.63, 3.8) is 0 Å². The Bertz CT molecular complexity index is 272. The quantitative estimate of drug-likeness (QED) is 0.759. The molecule has 0 aromatic carbocycles. The maximum atomic E-state index is 12.1. The first kappa shape index (κ1) is 14.0. The van der Waals surface area contributed by atoms with Crippen molar-refractivity contribution in [2.45, 2.75) is 39.2 Å². The molecule has 0 radical (unpaired) electrons. The van der Waals surface area contributed by atoms with Gasteiger partial charge in [-0.1, -0.05) is 13.8 Å². The smallest absolute Gasteiger partial charge is 0.305 e. The van der Waals surface area contributed by atoms with Crippen LogP contribution in [0.3, 0.4) is 0 Å². The molecule has 0 aromatic heterocycles. The zero-order valence-electron chi connectivity index (χ0n) is 10.5. The van der Waals surface area contributed by atoms with E-state index in [-0.39, 0.29) is 25.0 Å². The lowest BCUT2D eigenvalue weighted by molar-refractivity contribution is -0.143. The largest absolute Gasteiger partial charge is 0.481 e. The summed E-state index contributed by atoms with van der Waals surface area (Å²) < 4.78 is 5.35. The van der Waals surface area contributed by atoms with Gasteiger partial charge in [-0.15, -0.1) is 0 Å². The Balaban J connectivity index is 2.53. The fourth-order valence-electron chi connectivity index (χ4n) is 1.94. The zero-order valence-corrected chi connectivity index (χ0v) is 10.5. The fourth-order valence-corrected chi connectivity index (χ4v) is 1.94. The Morgan fingerprint density at radius 2 is 2.18 bits per heavy atom. The molecule has 17 heavy (non-hydrogen) atoms. The summed E-state index contributed by atoms with van der Waals surface area (Å²) in [5.41, 5.74) is 0. The lowest BCUT2D eigenvalue weighted by atomic mass is 10.1. The highest BCUT2D eigenvalue weighted by molar-refractivity contribution is 5.81. The summed E-state index contributed by atoms with van der Waals surface area (Å²) in [5.74, 6) is -0.606. The second kappa shape index (κ2) is 6.59. The topological polar surface area (TPSA) is 66.8 Å². The van der Waals surface area contributed by atoms with Crippen LogP contribution in [0, 0.1) is 5.92 Å². The van der Waals surface area contributed by atoms with Gasteiger partial charge in [0.2, 0.25) is 0 Å². The van der Waals surface area contributed by atoms with Crippen molar-refractivity contribution in [1.29, 1.82) is 0 Å². The third-order valence-electron chi connectivity index (χ3n) is 2.70. The van der Waals surface area contributed by atoms with E-state index in [0.717, 1.165) is 12.8 Å². The highest BCUT2D eigenvalue weighted by Crippen LogP contribution is 2.15. The Labute approximate surface area is 102 Å². The molecule has 1 aliphatic heterocycles. The molecule has 0 spiro atoms. The summed E-state index contributed by atoms with van der Waals surface area (Å²) in [6.45, 7) is 5.51. The van der Waals surface area contributed by atoms with E-state index in [0.29, 0.717) is 19.1 Å². The van der Waals surface area contributed by atoms with Gasteiger partial charge in [0.05, 0.1) is 6.42 Å². The van der Waals surface area contributed by atoms with Crippen LogP contribution in [0.4, 0.5) is 0 Å². The number of carbonyl (C=O) groups is 2. The van der Waals surface area contributed by atoms with Crippen LogP contribution >= 0.6 is 0 Å². The molecule has 5 heteroatoms. The molecule has 0 aliphatic carbocycles. The normalized spacial score (nSPS) is 19.6. The summed E-state index contributed by atoms with van der Waals surface area (Å²) in [6, 6.07) is 0. The minimum absolute atomic E-state index is 0.00875. The molecule has 1 heterocycles. The average molecular weight is 243 g/mol. The Kier molecular flexibility index (Phi) is 5.41. The van der Waals surface area contributed by atoms with E-state index in [2.05, 4.69) is 0 Å². The molecule has 1 saturated heterocycles. The number of ether oxygens (including phenoxy) is 1. The van der Waals surface area contributed by atoms with Crippen molar-refractivity contribution in [1.82, 2.24) is 4.90 Å². The number of nitrogens with zero attached hydrogens (tertiary/aromatic N) is 1. The molecule has 0 aromatic rings. The minimum atomic E-state index is -0.876. The van der Waals surface area contributed by atoms with Crippen molar-refractivity contribution in [3.05, 3.63) is 0 Å². The lowest BCUT2D eigenvalue weighted by Gasteiger charge is -2.26. The summed E-state index contributed by atoms with van der Waals surface area (Å²) >= 11 is 0. The molecule has 1 amide bonds. The fraction of sp³-hybridized carbons (Fsp3) is 0.833. The Morgan fingerprint density at radius 1 is 1.47 bits per heavy atom. The first-order valence-corrected chi connectivity index (χ1v) is 6.13. The number of rotatable bonds is 6. The average Bonchev–Trinajstić information content (AvgIpc) is 2.75. The van der Waals surface area contributed by atoms with Crippen LogP contribution in [0.15, 0.2) is 0 Å². The van der Waals surface area contributed by atoms with Gasteiger partial charge in [-0.25, -0.2) is 0 Å². The molecule has 0 bridgehead atoms. The van der Waals surface area contributed by atoms with Gasteiger partial charge in [0.15, 0.2) is 0 Å². The molecule has 1 aliphatic rings. The number of hydrogen-bond donors (Lipinski definition) is 1. The first-order chi connectivity index (χ1) is 8.00. The van der Waals surface area contributed by atoms with Gasteiger partial charge < -0.3 is 14.7 Å². The summed E-state index contributed by atoms with van der Waals surface area (Å²) in [4.78, 5) is 24.3. The van der Waals surface area contributed by atoms with Gasteiger partial charge in [-0.2, -0.15) is 0 Å². The standard InChI is InChI=1S/C12H21NO4/c1-9(2)8-13(6-5-11(14)15)12(16)10-4-3-7-17-10/h9-10H,3-8H2,1-2H3,(H,14,15)/t10-/m0/s1. The second-order valence-corrected chi connectivity index (χ2v) is 4.82. The van der Waals surface area contributed by atoms with Gasteiger partial charge in [0.25, 0.3) is 5.91 Å². The van der Waals surface area contributed by atoms with Crippen LogP contribution in [-0.4, -0.2) is 47.7 Å². The van der Waals surface area contributed by atoms with E-state index in [1.165, 1.54) is 0 Å². The maximum absolute atomic E-state index is 12.1. The van der Waals surface area contributed by atoms with Crippen molar-refractivity contribution in [2.24, 2.45) is 5.92 Å². The highest BCUT2D eigenvalue weighted by Gasteiger charge is 2.28. The summed E-state index contributed by atoms with van der Waals surface area (Å²) in [7, 11) is 0. The second-order valence-electron chi connectivity index (χ2n) is 4.82. The van der Waals surface area contributed by atoms with E-state index in [1.54, 1.807) is 4.90 Å². The van der Waals surface area contributed by atoms with E-state index in [1.807, 2.05) is 13.8 Å². The first-order valence-electron chi connectivity index (χ1n) is 6.13. The van der Waals surface area contributed by atoms with Crippen LogP contribution in [0.25, 0.3) is 0 Å². The molecule has 1 rings (SSSR count). The number of amides is 1. The SMILES string of the molecule is CC(C)CN(CCC(=O)O)C(=O)[C@@H]1CCCO1. The Hall–Kier alpha value is -1.10. The summed E-state index contributed by atoms with van der Waals surface area (Å²) in [5, 5.41) is 8.67. The number of hydrogen-bond acceptors (Lipinski definition) is 3. The molecule has 0 saturated carbocycles. The van der Waals surface area contributed by atoms with Crippen molar-refractivity contribution in [3.8, 4) is 0 Å². The van der Waals surface area contributed by atoms with Crippen LogP contribution < -0.4 is 0 Å². The Morgan fingerprint density at radius 3 is 2.65 bits per heavy atom. The van der Waals surface area contributed by atoms with Crippen LogP contribution in [0.2, 0.25) is 0 Å². The van der Waals surface area contributed by atoms with E-state index in [9.17, 15) is 9.59 Å². The minimum Gasteiger partial charge on any atom is -0.481 e. The number of aliphatic carboxylic acids is 1. The number of carboxylic acid groups (broad SMARTS) is 1. The molecule has 1 N–H and O–H groups in total. The molecule has 1 atom stereocenters. The van der Waals surface area contributed by atoms with Gasteiger partial charge >= 0.3 is 5.97 Å². The predicted molar refractivity (Wildman–Crippen MR) is 62.6 cm³/mol. The third-order valence-corrected chi connectivity index (χ3v) is 2.70. The van der Waals surface area contributed by atoms with E-state index < -0.39 is 5.97 Å². The van der Waals surface area contributed by atoms with Gasteiger partial charge in [0, 0.05) is 19.7 Å². The summed E-state index contributed by atoms with van der Waals surface area (Å²) in [6.07, 6.45) is 1.29. The molecular formula is C12H21NO4. The van der Waals surface area contributed by atoms with Crippen molar-refractivity contribution in [2.75, 3.05) is 19.7 Å². The van der Waals surface area contributed by atoms with E-state index in [4.69, 9.17) is 9.84 Å². The van der Waals surface area contributed by atoms with Crippen molar-refractivity contribution < 1.29 is 19.4 Å². The number of carbonyl (C=O) groups excluding carboxylic acids is 1. The van der Waals surface area contributed by atoms with E-state index >= 15 is 0 Å². The van der Waals surface area contributed by atoms with Crippen LogP contribution in [-0.2, 0) is 14.3 Å². The maximum Gasteiger partial charge on any atom is 0.305 e. The highest BCUT2D eigenvalue weighted by atomic mass is 16.5. The van der Waals surface area contributed by atoms with Gasteiger partial charge in [-0.05, 0) is 18.8 Å². The molecule has 1 fully saturated rings. The van der Waals surface area contributed by atoms with Crippen LogP contribution in [0.5, 0.6) is 0 Å². The van der Waals surface area contributed by atoms with Gasteiger partial charge in [0.1, 0.15) is 6.10 Å². The van der Waals surface area contributed by atoms with Crippen molar-refractivity contribution >= 4 is 11.9 Å². The molecule has 0 unspecified atom stereocenters. The van der Waals surface area contributed by atoms with Crippen LogP contribution in [0.1, 0.15) is 33.1 Å². The third kappa shape index (κ3) is 4.73. The molecular weight excluding hydrogens is 222 g/mol. The number of carboxylic acids is 1. The monoisotopic (exact) mass is 243 g/mol. The molecule has 5 nitrogen and oxygen atoms in total. The lowest BCUT2D eigenvalue weighted by Crippen LogP contribution is -2.42. The zero-order chi connectivity index (χ0) is 12.8. The predicted octanol–water partition coefficient (Wildman–Crippen LogP) is 1.12. The van der Waals surface area contributed by atoms with Gasteiger partial charge in [-0.3, -0.25) is 9.59 Å².